The van der Waals surface area contributed by atoms with Crippen LogP contribution in [0.25, 0.3) is 0 Å². The lowest BCUT2D eigenvalue weighted by molar-refractivity contribution is -0.194. The highest BCUT2D eigenvalue weighted by Crippen LogP contribution is 2.13. The fourth-order valence-electron chi connectivity index (χ4n) is 1.99. The van der Waals surface area contributed by atoms with Gasteiger partial charge in [0.25, 0.3) is 0 Å². The lowest BCUT2D eigenvalue weighted by Gasteiger charge is -2.35. The number of benzene rings is 1. The van der Waals surface area contributed by atoms with Gasteiger partial charge in [0, 0.05) is 6.54 Å². The van der Waals surface area contributed by atoms with E-state index in [1.54, 1.807) is 0 Å². The number of ether oxygens (including phenoxy) is 1. The van der Waals surface area contributed by atoms with Crippen molar-refractivity contribution in [2.45, 2.75) is 31.0 Å². The molecule has 5 heteroatoms. The van der Waals surface area contributed by atoms with Crippen molar-refractivity contribution in [3.63, 3.8) is 0 Å². The molecule has 0 amide bonds. The molecule has 2 rings (SSSR count). The van der Waals surface area contributed by atoms with E-state index in [1.807, 2.05) is 30.3 Å². The molecule has 1 aliphatic rings. The molecule has 1 aromatic carbocycles. The minimum atomic E-state index is -1.16. The quantitative estimate of drug-likeness (QED) is 0.568. The summed E-state index contributed by atoms with van der Waals surface area (Å²) in [6.07, 6.45) is -3.11. The number of hydrogen-bond acceptors (Lipinski definition) is 5. The molecule has 0 saturated carbocycles. The van der Waals surface area contributed by atoms with Crippen molar-refractivity contribution in [1.82, 2.24) is 5.32 Å². The van der Waals surface area contributed by atoms with Crippen LogP contribution in [0.15, 0.2) is 30.3 Å². The van der Waals surface area contributed by atoms with Crippen LogP contribution in [0, 0.1) is 0 Å². The van der Waals surface area contributed by atoms with E-state index >= 15 is 0 Å². The van der Waals surface area contributed by atoms with Crippen molar-refractivity contribution >= 4 is 0 Å². The lowest BCUT2D eigenvalue weighted by atomic mass is 10.0. The maximum atomic E-state index is 9.71. The normalized spacial score (nSPS) is 32.4. The van der Waals surface area contributed by atoms with E-state index in [1.165, 1.54) is 5.56 Å². The van der Waals surface area contributed by atoms with Gasteiger partial charge in [-0.25, -0.2) is 0 Å². The number of rotatable bonds is 4. The van der Waals surface area contributed by atoms with E-state index in [-0.39, 0.29) is 6.61 Å². The van der Waals surface area contributed by atoms with Crippen LogP contribution >= 0.6 is 0 Å². The molecule has 1 saturated heterocycles. The summed E-state index contributed by atoms with van der Waals surface area (Å²) in [5.41, 5.74) is 1.19. The van der Waals surface area contributed by atoms with Gasteiger partial charge in [0.05, 0.1) is 6.61 Å². The Labute approximate surface area is 106 Å². The monoisotopic (exact) mass is 253 g/mol. The van der Waals surface area contributed by atoms with Gasteiger partial charge in [0.1, 0.15) is 24.5 Å². The maximum Gasteiger partial charge on any atom is 0.137 e. The fourth-order valence-corrected chi connectivity index (χ4v) is 1.99. The van der Waals surface area contributed by atoms with Gasteiger partial charge in [0.15, 0.2) is 0 Å². The fraction of sp³-hybridized carbons (Fsp3) is 0.538. The Morgan fingerprint density at radius 3 is 2.56 bits per heavy atom. The Morgan fingerprint density at radius 2 is 1.83 bits per heavy atom. The molecule has 1 aromatic rings. The van der Waals surface area contributed by atoms with Crippen LogP contribution in [0.3, 0.4) is 0 Å². The second-order valence-corrected chi connectivity index (χ2v) is 4.49. The van der Waals surface area contributed by atoms with E-state index in [9.17, 15) is 15.3 Å². The van der Waals surface area contributed by atoms with Gasteiger partial charge in [-0.1, -0.05) is 30.3 Å². The first-order valence-electron chi connectivity index (χ1n) is 6.11. The van der Waals surface area contributed by atoms with Crippen LogP contribution < -0.4 is 5.32 Å². The number of nitrogens with one attached hydrogen (secondary N) is 1. The largest absolute Gasteiger partial charge is 0.388 e. The lowest BCUT2D eigenvalue weighted by Crippen LogP contribution is -2.58. The highest BCUT2D eigenvalue weighted by Gasteiger charge is 2.36. The zero-order valence-corrected chi connectivity index (χ0v) is 10.1. The first kappa shape index (κ1) is 13.5. The molecule has 4 N–H and O–H groups in total. The summed E-state index contributed by atoms with van der Waals surface area (Å²) in [7, 11) is 0. The van der Waals surface area contributed by atoms with E-state index < -0.39 is 24.5 Å². The minimum Gasteiger partial charge on any atom is -0.388 e. The standard InChI is InChI=1S/C13H19NO4/c15-10-8-18-13(12(17)11(10)16)14-7-6-9-4-2-1-3-5-9/h1-5,10-17H,6-8H2/t10-,11-,12+,13-/m1/s1. The number of aliphatic hydroxyl groups excluding tert-OH is 3. The Bertz CT molecular complexity index is 359. The molecular weight excluding hydrogens is 234 g/mol. The topological polar surface area (TPSA) is 82.0 Å². The summed E-state index contributed by atoms with van der Waals surface area (Å²) in [5.74, 6) is 0. The van der Waals surface area contributed by atoms with Crippen LogP contribution in [-0.2, 0) is 11.2 Å². The molecule has 0 aliphatic carbocycles. The molecular formula is C13H19NO4. The van der Waals surface area contributed by atoms with Gasteiger partial charge in [-0.3, -0.25) is 5.32 Å². The molecule has 1 aliphatic heterocycles. The summed E-state index contributed by atoms with van der Waals surface area (Å²) in [6, 6.07) is 9.96. The van der Waals surface area contributed by atoms with E-state index in [2.05, 4.69) is 5.32 Å². The van der Waals surface area contributed by atoms with Gasteiger partial charge in [0.2, 0.25) is 0 Å². The second kappa shape index (κ2) is 6.26. The van der Waals surface area contributed by atoms with Crippen molar-refractivity contribution in [2.24, 2.45) is 0 Å². The van der Waals surface area contributed by atoms with Crippen molar-refractivity contribution in [2.75, 3.05) is 13.2 Å². The van der Waals surface area contributed by atoms with Gasteiger partial charge in [-0.05, 0) is 12.0 Å². The maximum absolute atomic E-state index is 9.71. The van der Waals surface area contributed by atoms with Gasteiger partial charge >= 0.3 is 0 Å². The van der Waals surface area contributed by atoms with Crippen molar-refractivity contribution in [1.29, 1.82) is 0 Å². The molecule has 0 spiro atoms. The molecule has 4 atom stereocenters. The molecule has 0 unspecified atom stereocenters. The summed E-state index contributed by atoms with van der Waals surface area (Å²) >= 11 is 0. The first-order valence-corrected chi connectivity index (χ1v) is 6.11. The third-order valence-electron chi connectivity index (χ3n) is 3.10. The Morgan fingerprint density at radius 1 is 1.11 bits per heavy atom. The van der Waals surface area contributed by atoms with Crippen LogP contribution in [0.2, 0.25) is 0 Å². The zero-order valence-electron chi connectivity index (χ0n) is 10.1. The van der Waals surface area contributed by atoms with Crippen molar-refractivity contribution in [3.05, 3.63) is 35.9 Å². The predicted octanol–water partition coefficient (Wildman–Crippen LogP) is -0.742. The Hall–Kier alpha value is -0.980. The van der Waals surface area contributed by atoms with Crippen molar-refractivity contribution < 1.29 is 20.1 Å². The minimum absolute atomic E-state index is 0.0290. The molecule has 0 radical (unpaired) electrons. The smallest absolute Gasteiger partial charge is 0.137 e. The first-order chi connectivity index (χ1) is 8.68. The van der Waals surface area contributed by atoms with Gasteiger partial charge in [-0.2, -0.15) is 0 Å². The Balaban J connectivity index is 1.77. The number of aliphatic hydroxyl groups is 3. The molecule has 18 heavy (non-hydrogen) atoms. The summed E-state index contributed by atoms with van der Waals surface area (Å²) in [6.45, 7) is 0.662. The second-order valence-electron chi connectivity index (χ2n) is 4.49. The third kappa shape index (κ3) is 3.28. The van der Waals surface area contributed by atoms with Gasteiger partial charge < -0.3 is 20.1 Å². The molecule has 100 valence electrons. The van der Waals surface area contributed by atoms with Crippen LogP contribution in [0.4, 0.5) is 0 Å². The summed E-state index contributed by atoms with van der Waals surface area (Å²) in [4.78, 5) is 0. The average molecular weight is 253 g/mol. The van der Waals surface area contributed by atoms with Crippen LogP contribution in [0.5, 0.6) is 0 Å². The molecule has 5 nitrogen and oxygen atoms in total. The molecule has 1 fully saturated rings. The molecule has 1 heterocycles. The van der Waals surface area contributed by atoms with E-state index in [0.29, 0.717) is 6.54 Å². The highest BCUT2D eigenvalue weighted by molar-refractivity contribution is 5.14. The average Bonchev–Trinajstić information content (AvgIpc) is 2.40. The zero-order chi connectivity index (χ0) is 13.0. The molecule has 0 bridgehead atoms. The summed E-state index contributed by atoms with van der Waals surface area (Å²) in [5, 5.41) is 31.6. The van der Waals surface area contributed by atoms with E-state index in [0.717, 1.165) is 6.42 Å². The SMILES string of the molecule is O[C@H]1[C@H](O)[C@H](NCCc2ccccc2)OC[C@H]1O. The van der Waals surface area contributed by atoms with Crippen LogP contribution in [-0.4, -0.2) is 53.0 Å². The van der Waals surface area contributed by atoms with Crippen LogP contribution in [0.1, 0.15) is 5.56 Å². The van der Waals surface area contributed by atoms with E-state index in [4.69, 9.17) is 4.74 Å². The molecule has 0 aromatic heterocycles. The predicted molar refractivity (Wildman–Crippen MR) is 65.9 cm³/mol. The van der Waals surface area contributed by atoms with Gasteiger partial charge in [-0.15, -0.1) is 0 Å². The third-order valence-corrected chi connectivity index (χ3v) is 3.10. The number of hydrogen-bond donors (Lipinski definition) is 4. The Kier molecular flexibility index (Phi) is 4.68. The summed E-state index contributed by atoms with van der Waals surface area (Å²) < 4.78 is 5.24. The van der Waals surface area contributed by atoms with Crippen molar-refractivity contribution in [3.8, 4) is 0 Å². The highest BCUT2D eigenvalue weighted by atomic mass is 16.5.